The lowest BCUT2D eigenvalue weighted by atomic mass is 10.0. The van der Waals surface area contributed by atoms with Crippen LogP contribution in [0.4, 0.5) is 0 Å². The number of rotatable bonds is 7. The third kappa shape index (κ3) is 5.88. The van der Waals surface area contributed by atoms with Gasteiger partial charge in [0.2, 0.25) is 10.0 Å². The van der Waals surface area contributed by atoms with Crippen LogP contribution in [0.15, 0.2) is 30.3 Å². The number of nitrogens with zero attached hydrogens (tertiary/aromatic N) is 1. The highest BCUT2D eigenvalue weighted by Crippen LogP contribution is 2.22. The second-order valence-corrected chi connectivity index (χ2v) is 6.33. The summed E-state index contributed by atoms with van der Waals surface area (Å²) < 4.78 is 24.7. The van der Waals surface area contributed by atoms with E-state index in [0.717, 1.165) is 11.8 Å². The zero-order chi connectivity index (χ0) is 14.3. The molecular weight excluding hydrogens is 260 g/mol. The van der Waals surface area contributed by atoms with E-state index in [1.54, 1.807) is 0 Å². The highest BCUT2D eigenvalue weighted by Gasteiger charge is 2.16. The van der Waals surface area contributed by atoms with Gasteiger partial charge in [-0.2, -0.15) is 0 Å². The zero-order valence-electron chi connectivity index (χ0n) is 11.3. The van der Waals surface area contributed by atoms with E-state index < -0.39 is 10.0 Å². The van der Waals surface area contributed by atoms with Crippen molar-refractivity contribution in [3.8, 4) is 12.3 Å². The molecule has 1 rings (SSSR count). The summed E-state index contributed by atoms with van der Waals surface area (Å²) in [6.45, 7) is 0.922. The van der Waals surface area contributed by atoms with Gasteiger partial charge in [-0.25, -0.2) is 13.1 Å². The quantitative estimate of drug-likeness (QED) is 0.764. The fourth-order valence-electron chi connectivity index (χ4n) is 1.95. The topological polar surface area (TPSA) is 49.4 Å². The van der Waals surface area contributed by atoms with Crippen molar-refractivity contribution in [2.75, 3.05) is 26.4 Å². The van der Waals surface area contributed by atoms with Gasteiger partial charge in [-0.1, -0.05) is 36.3 Å². The van der Waals surface area contributed by atoms with E-state index in [4.69, 9.17) is 6.42 Å². The number of terminal acetylenes is 1. The lowest BCUT2D eigenvalue weighted by Gasteiger charge is -2.27. The van der Waals surface area contributed by atoms with E-state index in [-0.39, 0.29) is 6.04 Å². The second-order valence-electron chi connectivity index (χ2n) is 4.50. The van der Waals surface area contributed by atoms with Crippen LogP contribution in [-0.4, -0.2) is 39.7 Å². The first-order valence-electron chi connectivity index (χ1n) is 6.07. The maximum absolute atomic E-state index is 11.1. The van der Waals surface area contributed by atoms with Gasteiger partial charge >= 0.3 is 0 Å². The lowest BCUT2D eigenvalue weighted by Crippen LogP contribution is -2.30. The van der Waals surface area contributed by atoms with Crippen LogP contribution in [0.3, 0.4) is 0 Å². The molecule has 1 N–H and O–H groups in total. The molecule has 0 radical (unpaired) electrons. The van der Waals surface area contributed by atoms with E-state index in [1.807, 2.05) is 42.3 Å². The first-order valence-corrected chi connectivity index (χ1v) is 7.96. The molecule has 0 saturated heterocycles. The minimum atomic E-state index is -3.15. The molecule has 0 aliphatic rings. The average molecular weight is 280 g/mol. The normalized spacial score (nSPS) is 13.2. The third-order valence-electron chi connectivity index (χ3n) is 2.84. The zero-order valence-corrected chi connectivity index (χ0v) is 12.2. The molecule has 0 fully saturated rings. The van der Waals surface area contributed by atoms with Crippen LogP contribution in [-0.2, 0) is 10.0 Å². The van der Waals surface area contributed by atoms with Gasteiger partial charge in [-0.15, -0.1) is 6.42 Å². The molecule has 19 heavy (non-hydrogen) atoms. The molecule has 0 aromatic heterocycles. The van der Waals surface area contributed by atoms with E-state index in [9.17, 15) is 8.42 Å². The maximum Gasteiger partial charge on any atom is 0.208 e. The molecule has 1 aromatic carbocycles. The molecule has 0 heterocycles. The first kappa shape index (κ1) is 15.7. The Bertz CT molecular complexity index is 520. The first-order chi connectivity index (χ1) is 8.94. The van der Waals surface area contributed by atoms with Gasteiger partial charge in [0.25, 0.3) is 0 Å². The predicted molar refractivity (Wildman–Crippen MR) is 78.1 cm³/mol. The molecular formula is C14H20N2O2S. The van der Waals surface area contributed by atoms with Crippen molar-refractivity contribution in [2.45, 2.75) is 12.5 Å². The Hall–Kier alpha value is -1.35. The standard InChI is InChI=1S/C14H20N2O2S/c1-4-12-16(2)14(10-11-15-19(3,17)18)13-8-6-5-7-9-13/h1,5-9,14-15H,10-12H2,2-3H3. The highest BCUT2D eigenvalue weighted by atomic mass is 32.2. The van der Waals surface area contributed by atoms with Crippen molar-refractivity contribution >= 4 is 10.0 Å². The Labute approximate surface area is 115 Å². The molecule has 0 amide bonds. The van der Waals surface area contributed by atoms with Gasteiger partial charge in [0.1, 0.15) is 0 Å². The Morgan fingerprint density at radius 1 is 1.37 bits per heavy atom. The lowest BCUT2D eigenvalue weighted by molar-refractivity contribution is 0.261. The SMILES string of the molecule is C#CCN(C)C(CCNS(C)(=O)=O)c1ccccc1. The van der Waals surface area contributed by atoms with Crippen molar-refractivity contribution in [3.63, 3.8) is 0 Å². The fourth-order valence-corrected chi connectivity index (χ4v) is 2.44. The van der Waals surface area contributed by atoms with Crippen molar-refractivity contribution < 1.29 is 8.42 Å². The summed E-state index contributed by atoms with van der Waals surface area (Å²) in [6.07, 6.45) is 7.18. The van der Waals surface area contributed by atoms with Crippen LogP contribution in [0.5, 0.6) is 0 Å². The molecule has 0 bridgehead atoms. The molecule has 4 nitrogen and oxygen atoms in total. The Morgan fingerprint density at radius 2 is 2.00 bits per heavy atom. The number of hydrogen-bond acceptors (Lipinski definition) is 3. The maximum atomic E-state index is 11.1. The minimum absolute atomic E-state index is 0.103. The van der Waals surface area contributed by atoms with Crippen molar-refractivity contribution in [1.82, 2.24) is 9.62 Å². The number of sulfonamides is 1. The van der Waals surface area contributed by atoms with E-state index >= 15 is 0 Å². The predicted octanol–water partition coefficient (Wildman–Crippen LogP) is 1.23. The van der Waals surface area contributed by atoms with E-state index in [1.165, 1.54) is 0 Å². The van der Waals surface area contributed by atoms with Gasteiger partial charge in [0.05, 0.1) is 12.8 Å². The molecule has 1 aromatic rings. The van der Waals surface area contributed by atoms with E-state index in [0.29, 0.717) is 19.5 Å². The monoisotopic (exact) mass is 280 g/mol. The molecule has 5 heteroatoms. The molecule has 0 spiro atoms. The fraction of sp³-hybridized carbons (Fsp3) is 0.429. The van der Waals surface area contributed by atoms with E-state index in [2.05, 4.69) is 10.6 Å². The van der Waals surface area contributed by atoms with Crippen molar-refractivity contribution in [2.24, 2.45) is 0 Å². The second kappa shape index (κ2) is 7.29. The van der Waals surface area contributed by atoms with Gasteiger partial charge in [0, 0.05) is 12.6 Å². The summed E-state index contributed by atoms with van der Waals surface area (Å²) in [5.74, 6) is 2.61. The van der Waals surface area contributed by atoms with Crippen molar-refractivity contribution in [1.29, 1.82) is 0 Å². The van der Waals surface area contributed by atoms with Crippen LogP contribution in [0.2, 0.25) is 0 Å². The number of hydrogen-bond donors (Lipinski definition) is 1. The summed E-state index contributed by atoms with van der Waals surface area (Å²) in [7, 11) is -1.21. The summed E-state index contributed by atoms with van der Waals surface area (Å²) in [5.41, 5.74) is 1.13. The van der Waals surface area contributed by atoms with Crippen molar-refractivity contribution in [3.05, 3.63) is 35.9 Å². The summed E-state index contributed by atoms with van der Waals surface area (Å²) in [5, 5.41) is 0. The van der Waals surface area contributed by atoms with Crippen LogP contribution < -0.4 is 4.72 Å². The van der Waals surface area contributed by atoms with Gasteiger partial charge < -0.3 is 0 Å². The average Bonchev–Trinajstić information content (AvgIpc) is 2.34. The minimum Gasteiger partial charge on any atom is -0.288 e. The summed E-state index contributed by atoms with van der Waals surface area (Å²) >= 11 is 0. The van der Waals surface area contributed by atoms with Gasteiger partial charge in [0.15, 0.2) is 0 Å². The number of benzene rings is 1. The Balaban J connectivity index is 2.74. The molecule has 0 aliphatic carbocycles. The Morgan fingerprint density at radius 3 is 2.53 bits per heavy atom. The largest absolute Gasteiger partial charge is 0.288 e. The number of nitrogens with one attached hydrogen (secondary N) is 1. The molecule has 1 unspecified atom stereocenters. The molecule has 1 atom stereocenters. The van der Waals surface area contributed by atoms with Gasteiger partial charge in [-0.3, -0.25) is 4.90 Å². The van der Waals surface area contributed by atoms with Crippen LogP contribution in [0.25, 0.3) is 0 Å². The third-order valence-corrected chi connectivity index (χ3v) is 3.57. The van der Waals surface area contributed by atoms with Gasteiger partial charge in [-0.05, 0) is 19.0 Å². The van der Waals surface area contributed by atoms with Crippen LogP contribution in [0, 0.1) is 12.3 Å². The molecule has 0 aliphatic heterocycles. The Kier molecular flexibility index (Phi) is 6.03. The summed E-state index contributed by atoms with van der Waals surface area (Å²) in [4.78, 5) is 2.04. The molecule has 0 saturated carbocycles. The van der Waals surface area contributed by atoms with Crippen LogP contribution in [0.1, 0.15) is 18.0 Å². The summed E-state index contributed by atoms with van der Waals surface area (Å²) in [6, 6.07) is 10.0. The molecule has 104 valence electrons. The highest BCUT2D eigenvalue weighted by molar-refractivity contribution is 7.88. The smallest absolute Gasteiger partial charge is 0.208 e. The van der Waals surface area contributed by atoms with Crippen LogP contribution >= 0.6 is 0 Å².